The number of rotatable bonds is 7. The number of piperidine rings is 1. The number of nitrogens with one attached hydrogen (secondary N) is 2. The molecule has 1 unspecified atom stereocenters. The molecule has 5 nitrogen and oxygen atoms in total. The lowest BCUT2D eigenvalue weighted by Crippen LogP contribution is -2.58. The maximum atomic E-state index is 12.8. The van der Waals surface area contributed by atoms with E-state index in [0.717, 1.165) is 25.2 Å². The van der Waals surface area contributed by atoms with Crippen LogP contribution in [0.2, 0.25) is 0 Å². The molecule has 0 bridgehead atoms. The van der Waals surface area contributed by atoms with Crippen molar-refractivity contribution in [1.82, 2.24) is 15.5 Å². The number of carbonyl (C=O) groups is 2. The number of hydrogen-bond donors (Lipinski definition) is 2. The zero-order valence-electron chi connectivity index (χ0n) is 17.2. The summed E-state index contributed by atoms with van der Waals surface area (Å²) in [5.41, 5.74) is 1.10. The van der Waals surface area contributed by atoms with Gasteiger partial charge in [-0.3, -0.25) is 14.5 Å². The number of benzene rings is 1. The molecule has 1 aromatic carbocycles. The van der Waals surface area contributed by atoms with E-state index in [2.05, 4.69) is 15.5 Å². The molecule has 2 aliphatic rings. The molecule has 1 atom stereocenters. The van der Waals surface area contributed by atoms with Crippen LogP contribution < -0.4 is 10.6 Å². The topological polar surface area (TPSA) is 61.4 Å². The molecule has 0 aromatic heterocycles. The van der Waals surface area contributed by atoms with E-state index in [-0.39, 0.29) is 29.8 Å². The molecular formula is C23H35N3O2. The average molecular weight is 386 g/mol. The number of amides is 2. The van der Waals surface area contributed by atoms with Gasteiger partial charge >= 0.3 is 0 Å². The third-order valence-electron chi connectivity index (χ3n) is 6.39. The van der Waals surface area contributed by atoms with Crippen molar-refractivity contribution in [1.29, 1.82) is 0 Å². The van der Waals surface area contributed by atoms with Crippen molar-refractivity contribution in [2.24, 2.45) is 0 Å². The first kappa shape index (κ1) is 20.8. The van der Waals surface area contributed by atoms with E-state index in [0.29, 0.717) is 0 Å². The molecule has 0 spiro atoms. The molecule has 1 saturated heterocycles. The molecule has 154 valence electrons. The van der Waals surface area contributed by atoms with Gasteiger partial charge in [0.25, 0.3) is 0 Å². The summed E-state index contributed by atoms with van der Waals surface area (Å²) in [6.45, 7) is 4.55. The van der Waals surface area contributed by atoms with Crippen molar-refractivity contribution in [3.8, 4) is 0 Å². The van der Waals surface area contributed by atoms with Crippen LogP contribution in [0.5, 0.6) is 0 Å². The number of carbonyl (C=O) groups excluding carboxylic acids is 2. The van der Waals surface area contributed by atoms with Crippen LogP contribution in [0.1, 0.15) is 76.3 Å². The first-order valence-corrected chi connectivity index (χ1v) is 10.9. The van der Waals surface area contributed by atoms with Gasteiger partial charge < -0.3 is 10.6 Å². The van der Waals surface area contributed by atoms with Gasteiger partial charge in [0.15, 0.2) is 0 Å². The predicted molar refractivity (Wildman–Crippen MR) is 112 cm³/mol. The Morgan fingerprint density at radius 1 is 1.00 bits per heavy atom. The Hall–Kier alpha value is -1.88. The van der Waals surface area contributed by atoms with Crippen LogP contribution >= 0.6 is 0 Å². The zero-order chi connectivity index (χ0) is 19.8. The van der Waals surface area contributed by atoms with Crippen molar-refractivity contribution < 1.29 is 9.59 Å². The minimum Gasteiger partial charge on any atom is -0.354 e. The largest absolute Gasteiger partial charge is 0.354 e. The Balaban J connectivity index is 1.62. The second kappa shape index (κ2) is 10.1. The monoisotopic (exact) mass is 385 g/mol. The summed E-state index contributed by atoms with van der Waals surface area (Å²) in [4.78, 5) is 27.1. The highest BCUT2D eigenvalue weighted by Crippen LogP contribution is 2.35. The highest BCUT2D eigenvalue weighted by molar-refractivity contribution is 5.79. The van der Waals surface area contributed by atoms with E-state index in [4.69, 9.17) is 0 Å². The fourth-order valence-corrected chi connectivity index (χ4v) is 4.89. The molecule has 1 aromatic rings. The quantitative estimate of drug-likeness (QED) is 0.754. The van der Waals surface area contributed by atoms with Crippen molar-refractivity contribution in [3.05, 3.63) is 35.9 Å². The minimum atomic E-state index is -0.281. The highest BCUT2D eigenvalue weighted by Gasteiger charge is 2.38. The molecule has 28 heavy (non-hydrogen) atoms. The third kappa shape index (κ3) is 5.57. The number of nitrogens with zero attached hydrogens (tertiary/aromatic N) is 1. The third-order valence-corrected chi connectivity index (χ3v) is 6.39. The second-order valence-corrected chi connectivity index (χ2v) is 8.48. The Morgan fingerprint density at radius 3 is 2.29 bits per heavy atom. The Bertz CT molecular complexity index is 635. The standard InChI is InChI=1S/C23H35N3O2/c1-19(27)25-21(20-11-5-2-6-12-20)17-22(28)24-18-23(13-7-3-8-14-23)26-15-9-4-10-16-26/h2,5-6,11-12,21H,3-4,7-10,13-18H2,1H3,(H,24,28)(H,25,27). The second-order valence-electron chi connectivity index (χ2n) is 8.48. The van der Waals surface area contributed by atoms with Crippen LogP contribution in [0.4, 0.5) is 0 Å². The fraction of sp³-hybridized carbons (Fsp3) is 0.652. The first-order chi connectivity index (χ1) is 13.6. The van der Waals surface area contributed by atoms with Gasteiger partial charge in [-0.15, -0.1) is 0 Å². The SMILES string of the molecule is CC(=O)NC(CC(=O)NCC1(N2CCCCC2)CCCCC1)c1ccccc1. The Kier molecular flexibility index (Phi) is 7.49. The lowest BCUT2D eigenvalue weighted by Gasteiger charge is -2.48. The van der Waals surface area contributed by atoms with E-state index in [1.54, 1.807) is 0 Å². The summed E-state index contributed by atoms with van der Waals surface area (Å²) in [7, 11) is 0. The molecule has 2 amide bonds. The van der Waals surface area contributed by atoms with Crippen molar-refractivity contribution in [2.75, 3.05) is 19.6 Å². The smallest absolute Gasteiger partial charge is 0.222 e. The van der Waals surface area contributed by atoms with Gasteiger partial charge in [0.1, 0.15) is 0 Å². The average Bonchev–Trinajstić information content (AvgIpc) is 2.73. The minimum absolute atomic E-state index is 0.0181. The Labute approximate surface area is 169 Å². The molecule has 1 heterocycles. The van der Waals surface area contributed by atoms with Gasteiger partial charge in [-0.05, 0) is 44.3 Å². The summed E-state index contributed by atoms with van der Waals surface area (Å²) >= 11 is 0. The number of hydrogen-bond acceptors (Lipinski definition) is 3. The molecule has 5 heteroatoms. The molecular weight excluding hydrogens is 350 g/mol. The van der Waals surface area contributed by atoms with E-state index in [1.807, 2.05) is 30.3 Å². The molecule has 3 rings (SSSR count). The number of likely N-dealkylation sites (tertiary alicyclic amines) is 1. The Morgan fingerprint density at radius 2 is 1.64 bits per heavy atom. The van der Waals surface area contributed by atoms with Crippen LogP contribution in [-0.4, -0.2) is 41.9 Å². The predicted octanol–water partition coefficient (Wildman–Crippen LogP) is 3.56. The van der Waals surface area contributed by atoms with Crippen LogP contribution in [-0.2, 0) is 9.59 Å². The van der Waals surface area contributed by atoms with Gasteiger partial charge in [0.05, 0.1) is 12.5 Å². The maximum Gasteiger partial charge on any atom is 0.222 e. The lowest BCUT2D eigenvalue weighted by atomic mass is 9.79. The van der Waals surface area contributed by atoms with Gasteiger partial charge in [-0.1, -0.05) is 56.0 Å². The molecule has 1 aliphatic heterocycles. The summed E-state index contributed by atoms with van der Waals surface area (Å²) < 4.78 is 0. The summed E-state index contributed by atoms with van der Waals surface area (Å²) in [5.74, 6) is -0.0942. The fourth-order valence-electron chi connectivity index (χ4n) is 4.89. The molecule has 0 radical (unpaired) electrons. The van der Waals surface area contributed by atoms with Gasteiger partial charge in [0.2, 0.25) is 11.8 Å². The first-order valence-electron chi connectivity index (χ1n) is 10.9. The molecule has 1 aliphatic carbocycles. The normalized spacial score (nSPS) is 20.9. The summed E-state index contributed by atoms with van der Waals surface area (Å²) in [6, 6.07) is 9.47. The van der Waals surface area contributed by atoms with Crippen LogP contribution in [0.15, 0.2) is 30.3 Å². The van der Waals surface area contributed by atoms with Crippen LogP contribution in [0, 0.1) is 0 Å². The highest BCUT2D eigenvalue weighted by atomic mass is 16.2. The lowest BCUT2D eigenvalue weighted by molar-refractivity contribution is -0.123. The zero-order valence-corrected chi connectivity index (χ0v) is 17.2. The van der Waals surface area contributed by atoms with E-state index in [9.17, 15) is 9.59 Å². The molecule has 1 saturated carbocycles. The van der Waals surface area contributed by atoms with Crippen molar-refractivity contribution >= 4 is 11.8 Å². The van der Waals surface area contributed by atoms with E-state index >= 15 is 0 Å². The van der Waals surface area contributed by atoms with Gasteiger partial charge in [-0.25, -0.2) is 0 Å². The van der Waals surface area contributed by atoms with Gasteiger partial charge in [-0.2, -0.15) is 0 Å². The summed E-state index contributed by atoms with van der Waals surface area (Å²) in [6.07, 6.45) is 10.3. The van der Waals surface area contributed by atoms with Crippen molar-refractivity contribution in [3.63, 3.8) is 0 Å². The van der Waals surface area contributed by atoms with Crippen molar-refractivity contribution in [2.45, 2.75) is 76.3 Å². The van der Waals surface area contributed by atoms with Gasteiger partial charge in [0, 0.05) is 19.0 Å². The van der Waals surface area contributed by atoms with Crippen LogP contribution in [0.3, 0.4) is 0 Å². The van der Waals surface area contributed by atoms with E-state index in [1.165, 1.54) is 58.3 Å². The van der Waals surface area contributed by atoms with E-state index < -0.39 is 0 Å². The molecule has 2 fully saturated rings. The molecule has 2 N–H and O–H groups in total. The van der Waals surface area contributed by atoms with Crippen LogP contribution in [0.25, 0.3) is 0 Å². The summed E-state index contributed by atoms with van der Waals surface area (Å²) in [5, 5.41) is 6.16. The maximum absolute atomic E-state index is 12.8.